The van der Waals surface area contributed by atoms with Crippen LogP contribution in [0.15, 0.2) is 53.1 Å². The van der Waals surface area contributed by atoms with Gasteiger partial charge in [-0.15, -0.1) is 0 Å². The number of hydrogen-bond acceptors (Lipinski definition) is 2. The molecule has 2 nitrogen and oxygen atoms in total. The Balaban J connectivity index is 2.11. The summed E-state index contributed by atoms with van der Waals surface area (Å²) in [4.78, 5) is 4.38. The zero-order valence-electron chi connectivity index (χ0n) is 10.8. The highest BCUT2D eigenvalue weighted by Crippen LogP contribution is 2.30. The molecule has 0 unspecified atom stereocenters. The zero-order chi connectivity index (χ0) is 14.1. The van der Waals surface area contributed by atoms with E-state index in [9.17, 15) is 0 Å². The Labute approximate surface area is 130 Å². The van der Waals surface area contributed by atoms with Gasteiger partial charge in [0.05, 0.1) is 5.52 Å². The van der Waals surface area contributed by atoms with Crippen molar-refractivity contribution in [2.75, 3.05) is 5.32 Å². The Hall–Kier alpha value is -1.58. The van der Waals surface area contributed by atoms with Gasteiger partial charge in [-0.2, -0.15) is 0 Å². The monoisotopic (exact) mass is 346 g/mol. The minimum absolute atomic E-state index is 0.759. The maximum Gasteiger partial charge on any atom is 0.0723 e. The van der Waals surface area contributed by atoms with Gasteiger partial charge in [0.25, 0.3) is 0 Å². The number of nitrogens with zero attached hydrogens (tertiary/aromatic N) is 1. The number of halogens is 2. The highest BCUT2D eigenvalue weighted by molar-refractivity contribution is 9.10. The first-order chi connectivity index (χ1) is 9.65. The number of rotatable bonds is 2. The Kier molecular flexibility index (Phi) is 3.64. The van der Waals surface area contributed by atoms with Crippen LogP contribution in [-0.4, -0.2) is 4.98 Å². The number of aromatic nitrogens is 1. The predicted octanol–water partition coefficient (Wildman–Crippen LogP) is 5.70. The first kappa shape index (κ1) is 13.4. The molecule has 0 spiro atoms. The summed E-state index contributed by atoms with van der Waals surface area (Å²) in [6.45, 7) is 2.00. The van der Waals surface area contributed by atoms with Gasteiger partial charge in [0.2, 0.25) is 0 Å². The van der Waals surface area contributed by atoms with Crippen LogP contribution in [-0.2, 0) is 0 Å². The molecule has 4 heteroatoms. The molecule has 3 aromatic rings. The highest BCUT2D eigenvalue weighted by Gasteiger charge is 2.06. The van der Waals surface area contributed by atoms with Crippen LogP contribution in [0.5, 0.6) is 0 Å². The number of nitrogens with one attached hydrogen (secondary N) is 1. The minimum atomic E-state index is 0.759. The van der Waals surface area contributed by atoms with Crippen molar-refractivity contribution >= 4 is 49.8 Å². The van der Waals surface area contributed by atoms with Crippen molar-refractivity contribution in [2.45, 2.75) is 6.92 Å². The molecule has 3 rings (SSSR count). The lowest BCUT2D eigenvalue weighted by Gasteiger charge is -2.12. The van der Waals surface area contributed by atoms with Crippen LogP contribution in [0.1, 0.15) is 5.56 Å². The number of fused-ring (bicyclic) bond motifs is 1. The first-order valence-electron chi connectivity index (χ1n) is 6.21. The van der Waals surface area contributed by atoms with Crippen LogP contribution in [0.25, 0.3) is 10.9 Å². The molecule has 0 saturated carbocycles. The fraction of sp³-hybridized carbons (Fsp3) is 0.0625. The molecular weight excluding hydrogens is 336 g/mol. The SMILES string of the molecule is Cc1c(Cl)cccc1Nc1ccnc2ccc(Br)cc12. The second-order valence-corrected chi connectivity index (χ2v) is 5.88. The van der Waals surface area contributed by atoms with Crippen LogP contribution in [0, 0.1) is 6.92 Å². The molecule has 2 aromatic carbocycles. The van der Waals surface area contributed by atoms with E-state index in [0.717, 1.165) is 37.3 Å². The van der Waals surface area contributed by atoms with E-state index < -0.39 is 0 Å². The van der Waals surface area contributed by atoms with Crippen molar-refractivity contribution in [2.24, 2.45) is 0 Å². The van der Waals surface area contributed by atoms with Gasteiger partial charge in [-0.25, -0.2) is 0 Å². The van der Waals surface area contributed by atoms with Gasteiger partial charge < -0.3 is 5.32 Å². The van der Waals surface area contributed by atoms with Crippen LogP contribution >= 0.6 is 27.5 Å². The molecule has 1 N–H and O–H groups in total. The molecule has 0 amide bonds. The molecular formula is C16H12BrClN2. The minimum Gasteiger partial charge on any atom is -0.355 e. The summed E-state index contributed by atoms with van der Waals surface area (Å²) in [6.07, 6.45) is 1.80. The van der Waals surface area contributed by atoms with E-state index in [2.05, 4.69) is 32.3 Å². The van der Waals surface area contributed by atoms with Crippen molar-refractivity contribution < 1.29 is 0 Å². The second kappa shape index (κ2) is 5.43. The first-order valence-corrected chi connectivity index (χ1v) is 7.38. The van der Waals surface area contributed by atoms with Gasteiger partial charge in [-0.1, -0.05) is 33.6 Å². The largest absolute Gasteiger partial charge is 0.355 e. The molecule has 0 radical (unpaired) electrons. The summed E-state index contributed by atoms with van der Waals surface area (Å²) in [5.41, 5.74) is 4.01. The summed E-state index contributed by atoms with van der Waals surface area (Å²) >= 11 is 9.67. The van der Waals surface area contributed by atoms with Gasteiger partial charge in [0.15, 0.2) is 0 Å². The lowest BCUT2D eigenvalue weighted by molar-refractivity contribution is 1.39. The number of hydrogen-bond donors (Lipinski definition) is 1. The maximum atomic E-state index is 6.16. The average molecular weight is 348 g/mol. The molecule has 100 valence electrons. The van der Waals surface area contributed by atoms with Gasteiger partial charge >= 0.3 is 0 Å². The smallest absolute Gasteiger partial charge is 0.0723 e. The zero-order valence-corrected chi connectivity index (χ0v) is 13.2. The Morgan fingerprint density at radius 2 is 1.95 bits per heavy atom. The summed E-state index contributed by atoms with van der Waals surface area (Å²) in [7, 11) is 0. The summed E-state index contributed by atoms with van der Waals surface area (Å²) < 4.78 is 1.03. The van der Waals surface area contributed by atoms with Crippen LogP contribution in [0.3, 0.4) is 0 Å². The lowest BCUT2D eigenvalue weighted by atomic mass is 10.1. The van der Waals surface area contributed by atoms with Crippen LogP contribution in [0.4, 0.5) is 11.4 Å². The third kappa shape index (κ3) is 2.51. The Morgan fingerprint density at radius 3 is 2.80 bits per heavy atom. The van der Waals surface area contributed by atoms with E-state index in [1.807, 2.05) is 43.3 Å². The van der Waals surface area contributed by atoms with Gasteiger partial charge in [0.1, 0.15) is 0 Å². The van der Waals surface area contributed by atoms with E-state index in [1.54, 1.807) is 6.20 Å². The summed E-state index contributed by atoms with van der Waals surface area (Å²) in [5, 5.41) is 5.27. The molecule has 0 aliphatic carbocycles. The lowest BCUT2D eigenvalue weighted by Crippen LogP contribution is -1.95. The normalized spacial score (nSPS) is 10.8. The maximum absolute atomic E-state index is 6.16. The fourth-order valence-corrected chi connectivity index (χ4v) is 2.65. The van der Waals surface area contributed by atoms with E-state index in [4.69, 9.17) is 11.6 Å². The number of pyridine rings is 1. The molecule has 1 heterocycles. The second-order valence-electron chi connectivity index (χ2n) is 4.56. The standard InChI is InChI=1S/C16H12BrClN2/c1-10-13(18)3-2-4-14(10)20-16-7-8-19-15-6-5-11(17)9-12(15)16/h2-9H,1H3,(H,19,20). The molecule has 1 aromatic heterocycles. The van der Waals surface area contributed by atoms with Crippen molar-refractivity contribution in [1.82, 2.24) is 4.98 Å². The van der Waals surface area contributed by atoms with Crippen molar-refractivity contribution in [3.63, 3.8) is 0 Å². The van der Waals surface area contributed by atoms with Crippen molar-refractivity contribution in [3.8, 4) is 0 Å². The predicted molar refractivity (Wildman–Crippen MR) is 88.9 cm³/mol. The Morgan fingerprint density at radius 1 is 1.10 bits per heavy atom. The topological polar surface area (TPSA) is 24.9 Å². The third-order valence-corrected chi connectivity index (χ3v) is 4.14. The Bertz CT molecular complexity index is 787. The van der Waals surface area contributed by atoms with Crippen molar-refractivity contribution in [3.05, 3.63) is 63.7 Å². The van der Waals surface area contributed by atoms with Crippen LogP contribution in [0.2, 0.25) is 5.02 Å². The molecule has 0 atom stereocenters. The van der Waals surface area contributed by atoms with Gasteiger partial charge in [0, 0.05) is 32.5 Å². The van der Waals surface area contributed by atoms with E-state index in [-0.39, 0.29) is 0 Å². The van der Waals surface area contributed by atoms with Crippen LogP contribution < -0.4 is 5.32 Å². The quantitative estimate of drug-likeness (QED) is 0.643. The molecule has 20 heavy (non-hydrogen) atoms. The highest BCUT2D eigenvalue weighted by atomic mass is 79.9. The third-order valence-electron chi connectivity index (χ3n) is 3.24. The molecule has 0 fully saturated rings. The molecule has 0 saturated heterocycles. The summed E-state index contributed by atoms with van der Waals surface area (Å²) in [5.74, 6) is 0. The fourth-order valence-electron chi connectivity index (χ4n) is 2.12. The number of anilines is 2. The summed E-state index contributed by atoms with van der Waals surface area (Å²) in [6, 6.07) is 13.9. The molecule has 0 aliphatic rings. The van der Waals surface area contributed by atoms with Gasteiger partial charge in [-0.05, 0) is 48.9 Å². The van der Waals surface area contributed by atoms with E-state index >= 15 is 0 Å². The average Bonchev–Trinajstić information content (AvgIpc) is 2.44. The van der Waals surface area contributed by atoms with Gasteiger partial charge in [-0.3, -0.25) is 4.98 Å². The van der Waals surface area contributed by atoms with E-state index in [0.29, 0.717) is 0 Å². The molecule has 0 aliphatic heterocycles. The molecule has 0 bridgehead atoms. The van der Waals surface area contributed by atoms with Crippen molar-refractivity contribution in [1.29, 1.82) is 0 Å². The number of benzene rings is 2. The van der Waals surface area contributed by atoms with E-state index in [1.165, 1.54) is 0 Å².